The van der Waals surface area contributed by atoms with E-state index in [1.54, 1.807) is 0 Å². The molecule has 1 saturated carbocycles. The van der Waals surface area contributed by atoms with Gasteiger partial charge in [0.15, 0.2) is 23.1 Å². The van der Waals surface area contributed by atoms with Gasteiger partial charge in [0, 0.05) is 6.07 Å². The number of methoxy groups -OCH3 is 2. The van der Waals surface area contributed by atoms with Crippen LogP contribution in [-0.2, 0) is 5.60 Å². The third-order valence-corrected chi connectivity index (χ3v) is 2.78. The highest BCUT2D eigenvalue weighted by molar-refractivity contribution is 5.56. The van der Waals surface area contributed by atoms with E-state index >= 15 is 0 Å². The van der Waals surface area contributed by atoms with Gasteiger partial charge in [-0.15, -0.1) is 0 Å². The normalized spacial score (nSPS) is 17.0. The average molecular weight is 228 g/mol. The van der Waals surface area contributed by atoms with Crippen LogP contribution >= 0.6 is 0 Å². The first-order valence-electron chi connectivity index (χ1n) is 4.90. The molecule has 2 N–H and O–H groups in total. The number of phenolic OH excluding ortho intramolecular Hbond substituents is 1. The van der Waals surface area contributed by atoms with E-state index in [1.165, 1.54) is 14.2 Å². The molecule has 0 heterocycles. The number of ether oxygens (including phenoxy) is 2. The van der Waals surface area contributed by atoms with Gasteiger partial charge in [-0.25, -0.2) is 4.39 Å². The van der Waals surface area contributed by atoms with E-state index in [0.717, 1.165) is 6.07 Å². The number of hydrogen-bond acceptors (Lipinski definition) is 4. The molecule has 1 fully saturated rings. The molecule has 0 aliphatic heterocycles. The lowest BCUT2D eigenvalue weighted by atomic mass is 10.0. The average Bonchev–Trinajstić information content (AvgIpc) is 3.00. The van der Waals surface area contributed by atoms with Crippen LogP contribution in [0.3, 0.4) is 0 Å². The van der Waals surface area contributed by atoms with Crippen LogP contribution in [0, 0.1) is 5.82 Å². The standard InChI is InChI=1S/C11H13FO4/c1-15-7-5-6(13)9(12)8(10(7)16-2)11(14)3-4-11/h5,13-14H,3-4H2,1-2H3. The van der Waals surface area contributed by atoms with E-state index in [1.807, 2.05) is 0 Å². The fourth-order valence-electron chi connectivity index (χ4n) is 1.74. The van der Waals surface area contributed by atoms with E-state index in [0.29, 0.717) is 12.8 Å². The maximum Gasteiger partial charge on any atom is 0.174 e. The van der Waals surface area contributed by atoms with Crippen molar-refractivity contribution in [2.75, 3.05) is 14.2 Å². The fourth-order valence-corrected chi connectivity index (χ4v) is 1.74. The lowest BCUT2D eigenvalue weighted by molar-refractivity contribution is 0.140. The maximum atomic E-state index is 13.8. The summed E-state index contributed by atoms with van der Waals surface area (Å²) >= 11 is 0. The maximum absolute atomic E-state index is 13.8. The predicted molar refractivity (Wildman–Crippen MR) is 54.3 cm³/mol. The number of rotatable bonds is 3. The summed E-state index contributed by atoms with van der Waals surface area (Å²) in [6.07, 6.45) is 0.903. The Bertz CT molecular complexity index is 426. The van der Waals surface area contributed by atoms with Crippen LogP contribution in [0.5, 0.6) is 17.2 Å². The molecule has 2 rings (SSSR count). The van der Waals surface area contributed by atoms with E-state index in [2.05, 4.69) is 0 Å². The van der Waals surface area contributed by atoms with Gasteiger partial charge < -0.3 is 19.7 Å². The predicted octanol–water partition coefficient (Wildman–Crippen LogP) is 1.53. The number of hydrogen-bond donors (Lipinski definition) is 2. The number of phenols is 1. The van der Waals surface area contributed by atoms with Gasteiger partial charge in [0.25, 0.3) is 0 Å². The first-order chi connectivity index (χ1) is 7.53. The molecule has 1 aliphatic carbocycles. The minimum absolute atomic E-state index is 0.0214. The molecule has 0 spiro atoms. The van der Waals surface area contributed by atoms with Gasteiger partial charge in [-0.3, -0.25) is 0 Å². The highest BCUT2D eigenvalue weighted by Crippen LogP contribution is 2.53. The molecular formula is C11H13FO4. The number of aromatic hydroxyl groups is 1. The van der Waals surface area contributed by atoms with Gasteiger partial charge in [-0.05, 0) is 12.8 Å². The van der Waals surface area contributed by atoms with Crippen LogP contribution in [-0.4, -0.2) is 24.4 Å². The van der Waals surface area contributed by atoms with Crippen LogP contribution in [0.2, 0.25) is 0 Å². The SMILES string of the molecule is COc1cc(O)c(F)c(C2(O)CC2)c1OC. The molecule has 88 valence electrons. The fraction of sp³-hybridized carbons (Fsp3) is 0.455. The monoisotopic (exact) mass is 228 g/mol. The number of halogens is 1. The minimum atomic E-state index is -1.23. The third-order valence-electron chi connectivity index (χ3n) is 2.78. The summed E-state index contributed by atoms with van der Waals surface area (Å²) in [7, 11) is 2.75. The van der Waals surface area contributed by atoms with E-state index in [9.17, 15) is 14.6 Å². The van der Waals surface area contributed by atoms with E-state index in [4.69, 9.17) is 9.47 Å². The van der Waals surface area contributed by atoms with Crippen molar-refractivity contribution in [2.45, 2.75) is 18.4 Å². The second-order valence-corrected chi connectivity index (χ2v) is 3.85. The summed E-state index contributed by atoms with van der Waals surface area (Å²) in [5.41, 5.74) is -1.26. The second kappa shape index (κ2) is 3.52. The molecule has 0 amide bonds. The molecule has 1 aliphatic rings. The van der Waals surface area contributed by atoms with Crippen molar-refractivity contribution in [2.24, 2.45) is 0 Å². The Kier molecular flexibility index (Phi) is 2.42. The summed E-state index contributed by atoms with van der Waals surface area (Å²) in [5, 5.41) is 19.4. The van der Waals surface area contributed by atoms with Gasteiger partial charge >= 0.3 is 0 Å². The summed E-state index contributed by atoms with van der Waals surface area (Å²) < 4.78 is 23.8. The molecule has 0 unspecified atom stereocenters. The van der Waals surface area contributed by atoms with Gasteiger partial charge in [0.05, 0.1) is 25.4 Å². The lowest BCUT2D eigenvalue weighted by Crippen LogP contribution is -2.11. The van der Waals surface area contributed by atoms with Crippen LogP contribution < -0.4 is 9.47 Å². The molecule has 0 saturated heterocycles. The van der Waals surface area contributed by atoms with Crippen molar-refractivity contribution in [3.8, 4) is 17.2 Å². The summed E-state index contributed by atoms with van der Waals surface area (Å²) in [6.45, 7) is 0. The van der Waals surface area contributed by atoms with Gasteiger partial charge in [-0.2, -0.15) is 0 Å². The van der Waals surface area contributed by atoms with Crippen molar-refractivity contribution >= 4 is 0 Å². The molecule has 16 heavy (non-hydrogen) atoms. The molecule has 0 bridgehead atoms. The van der Waals surface area contributed by atoms with Crippen molar-refractivity contribution in [3.05, 3.63) is 17.4 Å². The second-order valence-electron chi connectivity index (χ2n) is 3.85. The Morgan fingerprint density at radius 2 is 1.94 bits per heavy atom. The largest absolute Gasteiger partial charge is 0.505 e. The Labute approximate surface area is 92.2 Å². The quantitative estimate of drug-likeness (QED) is 0.823. The van der Waals surface area contributed by atoms with Crippen molar-refractivity contribution in [1.29, 1.82) is 0 Å². The first-order valence-corrected chi connectivity index (χ1v) is 4.90. The third kappa shape index (κ3) is 1.48. The molecule has 4 nitrogen and oxygen atoms in total. The summed E-state index contributed by atoms with van der Waals surface area (Å²) in [5.74, 6) is -1.06. The molecule has 1 aromatic carbocycles. The van der Waals surface area contributed by atoms with Gasteiger partial charge in [-0.1, -0.05) is 0 Å². The summed E-state index contributed by atoms with van der Waals surface area (Å²) in [6, 6.07) is 1.13. The van der Waals surface area contributed by atoms with Crippen LogP contribution in [0.4, 0.5) is 4.39 Å². The number of aliphatic hydroxyl groups is 1. The zero-order valence-corrected chi connectivity index (χ0v) is 9.08. The minimum Gasteiger partial charge on any atom is -0.505 e. The van der Waals surface area contributed by atoms with E-state index < -0.39 is 17.2 Å². The highest BCUT2D eigenvalue weighted by atomic mass is 19.1. The van der Waals surface area contributed by atoms with Crippen LogP contribution in [0.25, 0.3) is 0 Å². The molecule has 0 aromatic heterocycles. The van der Waals surface area contributed by atoms with Crippen LogP contribution in [0.15, 0.2) is 6.07 Å². The molecule has 0 radical (unpaired) electrons. The highest BCUT2D eigenvalue weighted by Gasteiger charge is 2.48. The molecule has 1 aromatic rings. The first kappa shape index (κ1) is 11.0. The zero-order chi connectivity index (χ0) is 11.9. The van der Waals surface area contributed by atoms with Crippen molar-refractivity contribution < 1.29 is 24.1 Å². The van der Waals surface area contributed by atoms with Gasteiger partial charge in [0.2, 0.25) is 0 Å². The molecule has 5 heteroatoms. The Balaban J connectivity index is 2.67. The van der Waals surface area contributed by atoms with Gasteiger partial charge in [0.1, 0.15) is 0 Å². The van der Waals surface area contributed by atoms with Crippen molar-refractivity contribution in [3.63, 3.8) is 0 Å². The lowest BCUT2D eigenvalue weighted by Gasteiger charge is -2.17. The molecular weight excluding hydrogens is 215 g/mol. The Hall–Kier alpha value is -1.49. The zero-order valence-electron chi connectivity index (χ0n) is 9.08. The number of benzene rings is 1. The van der Waals surface area contributed by atoms with E-state index in [-0.39, 0.29) is 17.1 Å². The smallest absolute Gasteiger partial charge is 0.174 e. The molecule has 0 atom stereocenters. The Morgan fingerprint density at radius 3 is 2.38 bits per heavy atom. The summed E-state index contributed by atoms with van der Waals surface area (Å²) in [4.78, 5) is 0. The topological polar surface area (TPSA) is 58.9 Å². The van der Waals surface area contributed by atoms with Crippen molar-refractivity contribution in [1.82, 2.24) is 0 Å². The Morgan fingerprint density at radius 1 is 1.31 bits per heavy atom. The van der Waals surface area contributed by atoms with Crippen LogP contribution in [0.1, 0.15) is 18.4 Å².